The predicted molar refractivity (Wildman–Crippen MR) is 90.4 cm³/mol. The minimum absolute atomic E-state index is 0.137. The van der Waals surface area contributed by atoms with E-state index in [1.807, 2.05) is 12.1 Å². The number of hydrogen-bond donors (Lipinski definition) is 0. The van der Waals surface area contributed by atoms with E-state index < -0.39 is 0 Å². The maximum atomic E-state index is 14.0. The summed E-state index contributed by atoms with van der Waals surface area (Å²) in [5.41, 5.74) is 1.77. The number of rotatable bonds is 4. The quantitative estimate of drug-likeness (QED) is 0.720. The first-order valence-corrected chi connectivity index (χ1v) is 8.88. The molecular formula is C19H19FN4O. The molecule has 0 spiro atoms. The maximum Gasteiger partial charge on any atom is 0.229 e. The molecule has 3 aromatic rings. The average Bonchev–Trinajstić information content (AvgIpc) is 3.16. The molecule has 1 aliphatic carbocycles. The summed E-state index contributed by atoms with van der Waals surface area (Å²) in [6.07, 6.45) is 6.14. The molecule has 1 aromatic carbocycles. The highest BCUT2D eigenvalue weighted by atomic mass is 19.1. The molecule has 1 aliphatic heterocycles. The van der Waals surface area contributed by atoms with Crippen molar-refractivity contribution in [1.82, 2.24) is 20.0 Å². The van der Waals surface area contributed by atoms with Crippen molar-refractivity contribution in [3.8, 4) is 0 Å². The lowest BCUT2D eigenvalue weighted by Crippen LogP contribution is -2.24. The molecule has 0 amide bonds. The number of fused-ring (bicyclic) bond motifs is 1. The number of likely N-dealkylation sites (tertiary alicyclic amines) is 1. The lowest BCUT2D eigenvalue weighted by molar-refractivity contribution is 0.234. The molecule has 2 aromatic heterocycles. The molecule has 5 rings (SSSR count). The van der Waals surface area contributed by atoms with Crippen LogP contribution in [0.25, 0.3) is 10.9 Å². The first-order valence-electron chi connectivity index (χ1n) is 8.88. The molecule has 128 valence electrons. The summed E-state index contributed by atoms with van der Waals surface area (Å²) in [5, 5.41) is 5.05. The van der Waals surface area contributed by atoms with E-state index in [9.17, 15) is 4.39 Å². The predicted octanol–water partition coefficient (Wildman–Crippen LogP) is 3.97. The summed E-state index contributed by atoms with van der Waals surface area (Å²) in [7, 11) is 0. The van der Waals surface area contributed by atoms with Crippen molar-refractivity contribution < 1.29 is 8.91 Å². The van der Waals surface area contributed by atoms with Gasteiger partial charge in [0.1, 0.15) is 5.82 Å². The molecule has 2 fully saturated rings. The Kier molecular flexibility index (Phi) is 3.52. The van der Waals surface area contributed by atoms with Gasteiger partial charge in [-0.05, 0) is 56.0 Å². The van der Waals surface area contributed by atoms with Crippen molar-refractivity contribution in [3.63, 3.8) is 0 Å². The summed E-state index contributed by atoms with van der Waals surface area (Å²) in [5.74, 6) is 1.79. The lowest BCUT2D eigenvalue weighted by Gasteiger charge is -2.22. The zero-order valence-electron chi connectivity index (χ0n) is 13.9. The minimum Gasteiger partial charge on any atom is -0.339 e. The summed E-state index contributed by atoms with van der Waals surface area (Å²) in [6.45, 7) is 1.59. The first-order chi connectivity index (χ1) is 12.3. The van der Waals surface area contributed by atoms with E-state index in [0.717, 1.165) is 60.4 Å². The molecule has 0 bridgehead atoms. The zero-order valence-corrected chi connectivity index (χ0v) is 13.9. The minimum atomic E-state index is -0.221. The van der Waals surface area contributed by atoms with Gasteiger partial charge in [0.05, 0.1) is 11.6 Å². The van der Waals surface area contributed by atoms with Crippen LogP contribution in [0.2, 0.25) is 0 Å². The molecule has 2 aliphatic rings. The van der Waals surface area contributed by atoms with E-state index in [1.54, 1.807) is 12.3 Å². The Hall–Kier alpha value is -2.34. The van der Waals surface area contributed by atoms with Crippen molar-refractivity contribution in [2.75, 3.05) is 6.54 Å². The molecule has 0 radical (unpaired) electrons. The van der Waals surface area contributed by atoms with Gasteiger partial charge in [-0.3, -0.25) is 9.88 Å². The van der Waals surface area contributed by atoms with Crippen LogP contribution in [-0.4, -0.2) is 26.6 Å². The molecule has 0 unspecified atom stereocenters. The van der Waals surface area contributed by atoms with Crippen LogP contribution >= 0.6 is 0 Å². The highest BCUT2D eigenvalue weighted by Crippen LogP contribution is 2.40. The van der Waals surface area contributed by atoms with Crippen molar-refractivity contribution in [3.05, 3.63) is 53.6 Å². The molecule has 1 atom stereocenters. The summed E-state index contributed by atoms with van der Waals surface area (Å²) in [6, 6.07) is 7.00. The second-order valence-corrected chi connectivity index (χ2v) is 7.03. The van der Waals surface area contributed by atoms with Crippen LogP contribution in [0.1, 0.15) is 54.9 Å². The number of pyridine rings is 1. The Labute approximate surface area is 144 Å². The second-order valence-electron chi connectivity index (χ2n) is 7.03. The van der Waals surface area contributed by atoms with Gasteiger partial charge in [-0.15, -0.1) is 0 Å². The Morgan fingerprint density at radius 1 is 1.24 bits per heavy atom. The van der Waals surface area contributed by atoms with Crippen LogP contribution in [0.3, 0.4) is 0 Å². The van der Waals surface area contributed by atoms with Gasteiger partial charge < -0.3 is 4.52 Å². The normalized spacial score (nSPS) is 21.2. The van der Waals surface area contributed by atoms with E-state index in [-0.39, 0.29) is 11.9 Å². The molecule has 3 heterocycles. The van der Waals surface area contributed by atoms with Gasteiger partial charge in [-0.2, -0.15) is 4.98 Å². The maximum absolute atomic E-state index is 14.0. The van der Waals surface area contributed by atoms with Crippen molar-refractivity contribution in [2.24, 2.45) is 0 Å². The third-order valence-electron chi connectivity index (χ3n) is 5.17. The van der Waals surface area contributed by atoms with Gasteiger partial charge in [0.2, 0.25) is 5.89 Å². The van der Waals surface area contributed by atoms with Crippen molar-refractivity contribution >= 4 is 10.9 Å². The fourth-order valence-corrected chi connectivity index (χ4v) is 3.75. The van der Waals surface area contributed by atoms with Crippen LogP contribution in [0.4, 0.5) is 4.39 Å². The van der Waals surface area contributed by atoms with Gasteiger partial charge in [-0.25, -0.2) is 4.39 Å². The average molecular weight is 338 g/mol. The van der Waals surface area contributed by atoms with Crippen LogP contribution in [0, 0.1) is 5.82 Å². The van der Waals surface area contributed by atoms with Gasteiger partial charge in [0, 0.05) is 24.0 Å². The van der Waals surface area contributed by atoms with Crippen molar-refractivity contribution in [2.45, 2.75) is 44.2 Å². The third-order valence-corrected chi connectivity index (χ3v) is 5.17. The first kappa shape index (κ1) is 15.0. The highest BCUT2D eigenvalue weighted by molar-refractivity contribution is 5.81. The smallest absolute Gasteiger partial charge is 0.229 e. The van der Waals surface area contributed by atoms with E-state index in [2.05, 4.69) is 20.0 Å². The molecule has 6 heteroatoms. The Morgan fingerprint density at radius 3 is 3.04 bits per heavy atom. The number of benzene rings is 1. The third kappa shape index (κ3) is 2.80. The number of hydrogen-bond acceptors (Lipinski definition) is 5. The molecule has 25 heavy (non-hydrogen) atoms. The van der Waals surface area contributed by atoms with Crippen LogP contribution < -0.4 is 0 Å². The number of aromatic nitrogens is 3. The van der Waals surface area contributed by atoms with E-state index in [1.165, 1.54) is 6.07 Å². The molecule has 0 N–H and O–H groups in total. The van der Waals surface area contributed by atoms with Gasteiger partial charge >= 0.3 is 0 Å². The number of nitrogens with zero attached hydrogens (tertiary/aromatic N) is 4. The summed E-state index contributed by atoms with van der Waals surface area (Å²) >= 11 is 0. The Bertz CT molecular complexity index is 921. The monoisotopic (exact) mass is 338 g/mol. The summed E-state index contributed by atoms with van der Waals surface area (Å²) in [4.78, 5) is 11.4. The van der Waals surface area contributed by atoms with E-state index in [0.29, 0.717) is 12.5 Å². The fraction of sp³-hybridized carbons (Fsp3) is 0.421. The largest absolute Gasteiger partial charge is 0.339 e. The van der Waals surface area contributed by atoms with Crippen LogP contribution in [0.5, 0.6) is 0 Å². The molecule has 1 saturated carbocycles. The van der Waals surface area contributed by atoms with E-state index >= 15 is 0 Å². The standard InChI is InChI=1S/C19H19FN4O/c20-15-9-13-3-1-7-21-17(13)14(10-15)11-24-8-2-4-16(24)18-22-19(25-23-18)12-5-6-12/h1,3,7,9-10,12,16H,2,4-6,8,11H2/t16-/m0/s1. The van der Waals surface area contributed by atoms with Crippen LogP contribution in [-0.2, 0) is 6.54 Å². The Balaban J connectivity index is 1.44. The Morgan fingerprint density at radius 2 is 2.16 bits per heavy atom. The van der Waals surface area contributed by atoms with E-state index in [4.69, 9.17) is 4.52 Å². The molecule has 5 nitrogen and oxygen atoms in total. The molecular weight excluding hydrogens is 319 g/mol. The highest BCUT2D eigenvalue weighted by Gasteiger charge is 2.34. The summed E-state index contributed by atoms with van der Waals surface area (Å²) < 4.78 is 19.4. The second kappa shape index (κ2) is 5.88. The topological polar surface area (TPSA) is 55.1 Å². The molecule has 1 saturated heterocycles. The fourth-order valence-electron chi connectivity index (χ4n) is 3.75. The van der Waals surface area contributed by atoms with Gasteiger partial charge in [-0.1, -0.05) is 11.2 Å². The van der Waals surface area contributed by atoms with Gasteiger partial charge in [0.15, 0.2) is 5.82 Å². The number of halogens is 1. The van der Waals surface area contributed by atoms with Crippen LogP contribution in [0.15, 0.2) is 35.0 Å². The zero-order chi connectivity index (χ0) is 16.8. The van der Waals surface area contributed by atoms with Crippen molar-refractivity contribution in [1.29, 1.82) is 0 Å². The SMILES string of the molecule is Fc1cc(CN2CCC[C@H]2c2noc(C3CC3)n2)c2ncccc2c1. The van der Waals surface area contributed by atoms with Gasteiger partial charge in [0.25, 0.3) is 0 Å². The lowest BCUT2D eigenvalue weighted by atomic mass is 10.1.